The van der Waals surface area contributed by atoms with E-state index in [9.17, 15) is 9.90 Å². The average molecular weight is 308 g/mol. The molecule has 2 atom stereocenters. The Hall–Kier alpha value is -1.59. The zero-order chi connectivity index (χ0) is 16.4. The van der Waals surface area contributed by atoms with Gasteiger partial charge in [-0.2, -0.15) is 0 Å². The minimum atomic E-state index is -0.931. The van der Waals surface area contributed by atoms with Crippen molar-refractivity contribution in [2.24, 2.45) is 5.73 Å². The number of hydrogen-bond acceptors (Lipinski definition) is 4. The van der Waals surface area contributed by atoms with Crippen molar-refractivity contribution in [3.05, 3.63) is 24.3 Å². The maximum atomic E-state index is 11.7. The van der Waals surface area contributed by atoms with Crippen LogP contribution in [-0.4, -0.2) is 29.8 Å². The molecule has 4 N–H and O–H groups in total. The number of nitrogens with two attached hydrogens (primary N) is 1. The van der Waals surface area contributed by atoms with Crippen molar-refractivity contribution in [2.45, 2.75) is 58.1 Å². The first-order valence-electron chi connectivity index (χ1n) is 8.02. The molecule has 0 unspecified atom stereocenters. The Morgan fingerprint density at radius 3 is 2.45 bits per heavy atom. The van der Waals surface area contributed by atoms with Gasteiger partial charge < -0.3 is 20.9 Å². The topological polar surface area (TPSA) is 84.6 Å². The third kappa shape index (κ3) is 6.91. The first kappa shape index (κ1) is 18.5. The van der Waals surface area contributed by atoms with Crippen LogP contribution in [0, 0.1) is 0 Å². The molecule has 0 spiro atoms. The van der Waals surface area contributed by atoms with Crippen molar-refractivity contribution >= 4 is 11.6 Å². The lowest BCUT2D eigenvalue weighted by atomic mass is 10.2. The molecular formula is C17H28N2O3. The Bertz CT molecular complexity index is 432. The predicted octanol–water partition coefficient (Wildman–Crippen LogP) is 2.68. The fourth-order valence-corrected chi connectivity index (χ4v) is 1.97. The van der Waals surface area contributed by atoms with Crippen molar-refractivity contribution in [2.75, 3.05) is 11.9 Å². The highest BCUT2D eigenvalue weighted by Crippen LogP contribution is 2.16. The van der Waals surface area contributed by atoms with Gasteiger partial charge in [0.05, 0.1) is 12.7 Å². The number of anilines is 1. The average Bonchev–Trinajstić information content (AvgIpc) is 2.51. The van der Waals surface area contributed by atoms with Crippen LogP contribution in [0.3, 0.4) is 0 Å². The molecule has 0 aliphatic rings. The number of rotatable bonds is 10. The molecule has 0 heterocycles. The van der Waals surface area contributed by atoms with Crippen LogP contribution in [0.2, 0.25) is 0 Å². The van der Waals surface area contributed by atoms with Crippen LogP contribution in [0.5, 0.6) is 5.75 Å². The first-order valence-corrected chi connectivity index (χ1v) is 8.02. The Labute approximate surface area is 132 Å². The predicted molar refractivity (Wildman–Crippen MR) is 89.0 cm³/mol. The number of aliphatic hydroxyl groups excluding tert-OH is 1. The molecule has 0 fully saturated rings. The Kier molecular flexibility index (Phi) is 8.55. The van der Waals surface area contributed by atoms with Crippen LogP contribution in [0.4, 0.5) is 5.69 Å². The molecule has 1 aromatic carbocycles. The van der Waals surface area contributed by atoms with Crippen LogP contribution < -0.4 is 15.8 Å². The zero-order valence-corrected chi connectivity index (χ0v) is 13.5. The highest BCUT2D eigenvalue weighted by atomic mass is 16.5. The lowest BCUT2D eigenvalue weighted by Gasteiger charge is -2.14. The van der Waals surface area contributed by atoms with Crippen LogP contribution in [0.15, 0.2) is 24.3 Å². The van der Waals surface area contributed by atoms with E-state index >= 15 is 0 Å². The molecule has 124 valence electrons. The molecular weight excluding hydrogens is 280 g/mol. The fraction of sp³-hybridized carbons (Fsp3) is 0.588. The number of ether oxygens (including phenoxy) is 1. The second kappa shape index (κ2) is 10.2. The summed E-state index contributed by atoms with van der Waals surface area (Å²) in [6.45, 7) is 4.40. The molecule has 0 aliphatic heterocycles. The first-order chi connectivity index (χ1) is 10.5. The lowest BCUT2D eigenvalue weighted by Crippen LogP contribution is -2.43. The number of benzene rings is 1. The Morgan fingerprint density at radius 1 is 1.23 bits per heavy atom. The van der Waals surface area contributed by atoms with Gasteiger partial charge in [0.25, 0.3) is 0 Å². The number of unbranched alkanes of at least 4 members (excludes halogenated alkanes) is 4. The summed E-state index contributed by atoms with van der Waals surface area (Å²) >= 11 is 0. The van der Waals surface area contributed by atoms with Crippen molar-refractivity contribution in [3.63, 3.8) is 0 Å². The fourth-order valence-electron chi connectivity index (χ4n) is 1.97. The zero-order valence-electron chi connectivity index (χ0n) is 13.5. The number of carbonyl (C=O) groups is 1. The summed E-state index contributed by atoms with van der Waals surface area (Å²) in [4.78, 5) is 11.7. The Morgan fingerprint density at radius 2 is 1.86 bits per heavy atom. The molecule has 5 nitrogen and oxygen atoms in total. The van der Waals surface area contributed by atoms with Crippen LogP contribution >= 0.6 is 0 Å². The van der Waals surface area contributed by atoms with Gasteiger partial charge in [0.1, 0.15) is 11.8 Å². The third-order valence-electron chi connectivity index (χ3n) is 3.46. The van der Waals surface area contributed by atoms with Gasteiger partial charge in [0.15, 0.2) is 0 Å². The van der Waals surface area contributed by atoms with E-state index in [1.54, 1.807) is 12.1 Å². The van der Waals surface area contributed by atoms with Crippen molar-refractivity contribution in [1.82, 2.24) is 0 Å². The SMILES string of the molecule is CCCCCCCOc1ccc(NC(=O)[C@@H](N)[C@@H](C)O)cc1. The highest BCUT2D eigenvalue weighted by Gasteiger charge is 2.18. The minimum Gasteiger partial charge on any atom is -0.494 e. The molecule has 0 aromatic heterocycles. The highest BCUT2D eigenvalue weighted by molar-refractivity contribution is 5.95. The summed E-state index contributed by atoms with van der Waals surface area (Å²) in [6, 6.07) is 6.22. The summed E-state index contributed by atoms with van der Waals surface area (Å²) in [5, 5.41) is 11.9. The van der Waals surface area contributed by atoms with Crippen LogP contribution in [0.1, 0.15) is 46.0 Å². The summed E-state index contributed by atoms with van der Waals surface area (Å²) in [7, 11) is 0. The maximum Gasteiger partial charge on any atom is 0.243 e. The van der Waals surface area contributed by atoms with Crippen molar-refractivity contribution in [3.8, 4) is 5.75 Å². The van der Waals surface area contributed by atoms with E-state index in [4.69, 9.17) is 10.5 Å². The van der Waals surface area contributed by atoms with Gasteiger partial charge in [-0.05, 0) is 37.6 Å². The van der Waals surface area contributed by atoms with Gasteiger partial charge in [0.2, 0.25) is 5.91 Å². The number of hydrogen-bond donors (Lipinski definition) is 3. The van der Waals surface area contributed by atoms with E-state index in [0.717, 1.165) is 12.2 Å². The molecule has 0 aliphatic carbocycles. The Balaban J connectivity index is 2.32. The molecule has 0 saturated heterocycles. The van der Waals surface area contributed by atoms with Gasteiger partial charge in [-0.15, -0.1) is 0 Å². The molecule has 1 rings (SSSR count). The summed E-state index contributed by atoms with van der Waals surface area (Å²) in [5.41, 5.74) is 6.20. The molecule has 1 amide bonds. The van der Waals surface area contributed by atoms with Gasteiger partial charge in [0, 0.05) is 5.69 Å². The van der Waals surface area contributed by atoms with E-state index in [-0.39, 0.29) is 0 Å². The van der Waals surface area contributed by atoms with Crippen molar-refractivity contribution in [1.29, 1.82) is 0 Å². The molecule has 0 radical (unpaired) electrons. The van der Waals surface area contributed by atoms with Gasteiger partial charge in [-0.3, -0.25) is 4.79 Å². The number of carbonyl (C=O) groups excluding carboxylic acids is 1. The van der Waals surface area contributed by atoms with Crippen molar-refractivity contribution < 1.29 is 14.6 Å². The smallest absolute Gasteiger partial charge is 0.243 e. The standard InChI is InChI=1S/C17H28N2O3/c1-3-4-5-6-7-12-22-15-10-8-14(9-11-15)19-17(21)16(18)13(2)20/h8-11,13,16,20H,3-7,12,18H2,1-2H3,(H,19,21)/t13-,16+/m1/s1. The molecule has 1 aromatic rings. The van der Waals surface area contributed by atoms with E-state index in [1.807, 2.05) is 12.1 Å². The van der Waals surface area contributed by atoms with Crippen LogP contribution in [-0.2, 0) is 4.79 Å². The molecule has 5 heteroatoms. The molecule has 0 saturated carbocycles. The second-order valence-electron chi connectivity index (χ2n) is 5.54. The van der Waals surface area contributed by atoms with Gasteiger partial charge in [-0.25, -0.2) is 0 Å². The number of aliphatic hydroxyl groups is 1. The summed E-state index contributed by atoms with van der Waals surface area (Å²) in [6.07, 6.45) is 5.15. The number of amides is 1. The summed E-state index contributed by atoms with van der Waals surface area (Å²) < 4.78 is 5.65. The van der Waals surface area contributed by atoms with E-state index in [0.29, 0.717) is 12.3 Å². The monoisotopic (exact) mass is 308 g/mol. The second-order valence-corrected chi connectivity index (χ2v) is 5.54. The third-order valence-corrected chi connectivity index (χ3v) is 3.46. The van der Waals surface area contributed by atoms with E-state index in [2.05, 4.69) is 12.2 Å². The minimum absolute atomic E-state index is 0.403. The van der Waals surface area contributed by atoms with E-state index < -0.39 is 18.1 Å². The van der Waals surface area contributed by atoms with Crippen LogP contribution in [0.25, 0.3) is 0 Å². The lowest BCUT2D eigenvalue weighted by molar-refractivity contribution is -0.119. The molecule has 22 heavy (non-hydrogen) atoms. The largest absolute Gasteiger partial charge is 0.494 e. The maximum absolute atomic E-state index is 11.7. The van der Waals surface area contributed by atoms with Gasteiger partial charge in [-0.1, -0.05) is 32.6 Å². The summed E-state index contributed by atoms with van der Waals surface area (Å²) in [5.74, 6) is 0.382. The molecule has 0 bridgehead atoms. The number of nitrogens with one attached hydrogen (secondary N) is 1. The normalized spacial score (nSPS) is 13.5. The van der Waals surface area contributed by atoms with E-state index in [1.165, 1.54) is 32.6 Å². The van der Waals surface area contributed by atoms with Gasteiger partial charge >= 0.3 is 0 Å². The quantitative estimate of drug-likeness (QED) is 0.580.